The Morgan fingerprint density at radius 2 is 2.08 bits per heavy atom. The zero-order chi connectivity index (χ0) is 17.2. The zero-order valence-corrected chi connectivity index (χ0v) is 14.2. The van der Waals surface area contributed by atoms with Crippen molar-refractivity contribution in [3.63, 3.8) is 0 Å². The van der Waals surface area contributed by atoms with E-state index in [1.54, 1.807) is 6.20 Å². The van der Waals surface area contributed by atoms with Crippen LogP contribution in [-0.2, 0) is 6.42 Å². The Morgan fingerprint density at radius 3 is 2.76 bits per heavy atom. The van der Waals surface area contributed by atoms with E-state index in [0.717, 1.165) is 42.6 Å². The monoisotopic (exact) mass is 334 g/mol. The second-order valence-electron chi connectivity index (χ2n) is 8.41. The Labute approximate surface area is 147 Å². The second kappa shape index (κ2) is 5.08. The number of fused-ring (bicyclic) bond motifs is 1. The van der Waals surface area contributed by atoms with Gasteiger partial charge in [-0.1, -0.05) is 12.2 Å². The fourth-order valence-corrected chi connectivity index (χ4v) is 6.10. The van der Waals surface area contributed by atoms with Crippen molar-refractivity contribution in [3.8, 4) is 6.07 Å². The second-order valence-corrected chi connectivity index (χ2v) is 8.41. The third-order valence-corrected chi connectivity index (χ3v) is 6.88. The lowest BCUT2D eigenvalue weighted by Gasteiger charge is -2.58. The van der Waals surface area contributed by atoms with Gasteiger partial charge < -0.3 is 11.1 Å². The largest absolute Gasteiger partial charge is 0.381 e. The van der Waals surface area contributed by atoms with Crippen LogP contribution in [0.25, 0.3) is 6.08 Å². The highest BCUT2D eigenvalue weighted by molar-refractivity contribution is 6.00. The predicted octanol–water partition coefficient (Wildman–Crippen LogP) is 2.88. The first-order valence-electron chi connectivity index (χ1n) is 9.24. The summed E-state index contributed by atoms with van der Waals surface area (Å²) in [5.74, 6) is 1.30. The van der Waals surface area contributed by atoms with Gasteiger partial charge in [-0.3, -0.25) is 9.78 Å². The van der Waals surface area contributed by atoms with Gasteiger partial charge in [0.2, 0.25) is 0 Å². The van der Waals surface area contributed by atoms with E-state index in [4.69, 9.17) is 5.73 Å². The molecule has 128 valence electrons. The van der Waals surface area contributed by atoms with Gasteiger partial charge in [-0.2, -0.15) is 5.26 Å². The molecule has 0 spiro atoms. The molecule has 5 nitrogen and oxygen atoms in total. The van der Waals surface area contributed by atoms with E-state index in [1.807, 2.05) is 6.08 Å². The molecule has 0 saturated heterocycles. The summed E-state index contributed by atoms with van der Waals surface area (Å²) in [5.41, 5.74) is 8.87. The molecule has 1 aromatic rings. The van der Waals surface area contributed by atoms with E-state index in [9.17, 15) is 10.1 Å². The van der Waals surface area contributed by atoms with Crippen molar-refractivity contribution in [1.82, 2.24) is 4.98 Å². The van der Waals surface area contributed by atoms with Crippen LogP contribution in [0.2, 0.25) is 0 Å². The van der Waals surface area contributed by atoms with E-state index in [0.29, 0.717) is 29.4 Å². The molecule has 1 heterocycles. The van der Waals surface area contributed by atoms with E-state index in [1.165, 1.54) is 12.8 Å². The van der Waals surface area contributed by atoms with Crippen LogP contribution >= 0.6 is 0 Å². The summed E-state index contributed by atoms with van der Waals surface area (Å²) >= 11 is 0. The molecule has 3 N–H and O–H groups in total. The molecule has 2 unspecified atom stereocenters. The molecule has 2 atom stereocenters. The van der Waals surface area contributed by atoms with Crippen LogP contribution in [-0.4, -0.2) is 16.9 Å². The maximum Gasteiger partial charge on any atom is 0.252 e. The minimum absolute atomic E-state index is 0.0959. The molecule has 1 amide bonds. The van der Waals surface area contributed by atoms with Crippen molar-refractivity contribution in [2.24, 2.45) is 28.9 Å². The Hall–Kier alpha value is -2.35. The molecule has 5 aliphatic rings. The number of pyridine rings is 1. The summed E-state index contributed by atoms with van der Waals surface area (Å²) in [4.78, 5) is 16.3. The average molecular weight is 334 g/mol. The lowest BCUT2D eigenvalue weighted by molar-refractivity contribution is -0.0296. The summed E-state index contributed by atoms with van der Waals surface area (Å²) in [7, 11) is 0. The van der Waals surface area contributed by atoms with E-state index < -0.39 is 5.91 Å². The minimum Gasteiger partial charge on any atom is -0.381 e. The lowest BCUT2D eigenvalue weighted by Crippen LogP contribution is -2.55. The number of anilines is 1. The van der Waals surface area contributed by atoms with Crippen molar-refractivity contribution in [2.45, 2.75) is 44.6 Å². The maximum absolute atomic E-state index is 11.9. The van der Waals surface area contributed by atoms with Gasteiger partial charge in [-0.05, 0) is 49.9 Å². The highest BCUT2D eigenvalue weighted by Gasteiger charge is 2.55. The minimum atomic E-state index is -0.435. The summed E-state index contributed by atoms with van der Waals surface area (Å²) in [6.07, 6.45) is 12.0. The molecule has 0 radical (unpaired) electrons. The first-order chi connectivity index (χ1) is 12.1. The highest BCUT2D eigenvalue weighted by atomic mass is 16.1. The number of rotatable bonds is 3. The SMILES string of the molecule is N#CC12CC3CC(C1)C(Nc1c(C(N)=O)cnc4c1C=CC4)C(C3)C2. The molecule has 0 aromatic carbocycles. The normalized spacial score (nSPS) is 36.9. The lowest BCUT2D eigenvalue weighted by atomic mass is 9.48. The number of nitrogens with one attached hydrogen (secondary N) is 1. The number of hydrogen-bond donors (Lipinski definition) is 2. The van der Waals surface area contributed by atoms with Crippen LogP contribution in [0.3, 0.4) is 0 Å². The molecule has 4 bridgehead atoms. The number of carbonyl (C=O) groups is 1. The smallest absolute Gasteiger partial charge is 0.252 e. The summed E-state index contributed by atoms with van der Waals surface area (Å²) < 4.78 is 0. The Kier molecular flexibility index (Phi) is 3.03. The molecule has 1 aromatic heterocycles. The number of amides is 1. The first-order valence-corrected chi connectivity index (χ1v) is 9.24. The Morgan fingerprint density at radius 1 is 1.32 bits per heavy atom. The van der Waals surface area contributed by atoms with Crippen LogP contribution in [0, 0.1) is 34.5 Å². The number of nitrogens with two attached hydrogens (primary N) is 1. The van der Waals surface area contributed by atoms with Crippen molar-refractivity contribution < 1.29 is 4.79 Å². The van der Waals surface area contributed by atoms with Crippen LogP contribution in [0.15, 0.2) is 12.3 Å². The summed E-state index contributed by atoms with van der Waals surface area (Å²) in [6, 6.07) is 2.97. The van der Waals surface area contributed by atoms with E-state index in [-0.39, 0.29) is 5.41 Å². The van der Waals surface area contributed by atoms with Crippen LogP contribution < -0.4 is 11.1 Å². The highest BCUT2D eigenvalue weighted by Crippen LogP contribution is 2.60. The number of carbonyl (C=O) groups excluding carboxylic acids is 1. The first kappa shape index (κ1) is 14.9. The van der Waals surface area contributed by atoms with E-state index >= 15 is 0 Å². The number of hydrogen-bond acceptors (Lipinski definition) is 4. The quantitative estimate of drug-likeness (QED) is 0.889. The van der Waals surface area contributed by atoms with Gasteiger partial charge in [-0.25, -0.2) is 0 Å². The number of aromatic nitrogens is 1. The average Bonchev–Trinajstić information content (AvgIpc) is 3.06. The zero-order valence-electron chi connectivity index (χ0n) is 14.2. The Bertz CT molecular complexity index is 821. The van der Waals surface area contributed by atoms with Crippen molar-refractivity contribution in [2.75, 3.05) is 5.32 Å². The number of nitrogens with zero attached hydrogens (tertiary/aromatic N) is 2. The van der Waals surface area contributed by atoms with Crippen molar-refractivity contribution in [3.05, 3.63) is 29.1 Å². The molecule has 25 heavy (non-hydrogen) atoms. The topological polar surface area (TPSA) is 91.8 Å². The van der Waals surface area contributed by atoms with E-state index in [2.05, 4.69) is 22.4 Å². The van der Waals surface area contributed by atoms with Gasteiger partial charge in [0.05, 0.1) is 28.4 Å². The van der Waals surface area contributed by atoms with Gasteiger partial charge in [-0.15, -0.1) is 0 Å². The number of allylic oxidation sites excluding steroid dienone is 1. The summed E-state index contributed by atoms with van der Waals surface area (Å²) in [6.45, 7) is 0. The number of nitriles is 1. The van der Waals surface area contributed by atoms with Gasteiger partial charge in [0, 0.05) is 24.2 Å². The van der Waals surface area contributed by atoms with Gasteiger partial charge in [0.1, 0.15) is 0 Å². The number of primary amides is 1. The van der Waals surface area contributed by atoms with Crippen LogP contribution in [0.1, 0.15) is 53.7 Å². The molecular weight excluding hydrogens is 312 g/mol. The fourth-order valence-electron chi connectivity index (χ4n) is 6.10. The predicted molar refractivity (Wildman–Crippen MR) is 94.5 cm³/mol. The van der Waals surface area contributed by atoms with Crippen LogP contribution in [0.5, 0.6) is 0 Å². The fraction of sp³-hybridized carbons (Fsp3) is 0.550. The standard InChI is InChI=1S/C20H22N4O/c21-10-20-6-11-4-12(7-20)17(13(5-11)8-20)24-18-14-2-1-3-16(14)23-9-15(18)19(22)25/h1-2,9,11-13,17H,3-8H2,(H2,22,25)(H,23,24). The van der Waals surface area contributed by atoms with Crippen LogP contribution in [0.4, 0.5) is 5.69 Å². The van der Waals surface area contributed by atoms with Gasteiger partial charge in [0.25, 0.3) is 5.91 Å². The molecule has 6 rings (SSSR count). The molecule has 4 fully saturated rings. The van der Waals surface area contributed by atoms with Gasteiger partial charge in [0.15, 0.2) is 0 Å². The van der Waals surface area contributed by atoms with Crippen molar-refractivity contribution in [1.29, 1.82) is 5.26 Å². The third-order valence-electron chi connectivity index (χ3n) is 6.88. The van der Waals surface area contributed by atoms with Crippen molar-refractivity contribution >= 4 is 17.7 Å². The molecule has 4 saturated carbocycles. The summed E-state index contributed by atoms with van der Waals surface area (Å²) in [5, 5.41) is 13.4. The Balaban J connectivity index is 1.51. The molecular formula is C20H22N4O. The molecule has 0 aliphatic heterocycles. The molecule has 5 aliphatic carbocycles. The third kappa shape index (κ3) is 2.13. The maximum atomic E-state index is 11.9. The van der Waals surface area contributed by atoms with Gasteiger partial charge >= 0.3 is 0 Å². The molecule has 5 heteroatoms.